The Morgan fingerprint density at radius 2 is 1.95 bits per heavy atom. The van der Waals surface area contributed by atoms with E-state index in [1.54, 1.807) is 24.3 Å². The number of nitrogens with one attached hydrogen (secondary N) is 1. The predicted molar refractivity (Wildman–Crippen MR) is 78.6 cm³/mol. The Balaban J connectivity index is 2.30. The normalized spacial score (nSPS) is 10.3. The first kappa shape index (κ1) is 14.1. The van der Waals surface area contributed by atoms with E-state index in [-0.39, 0.29) is 10.7 Å². The molecule has 0 aliphatic carbocycles. The van der Waals surface area contributed by atoms with E-state index in [1.165, 1.54) is 6.07 Å². The average Bonchev–Trinajstić information content (AvgIpc) is 2.36. The number of carboxylic acids is 1. The molecule has 98 valence electrons. The number of carboxylic acid groups (broad SMARTS) is 1. The smallest absolute Gasteiger partial charge is 0.356 e. The fraction of sp³-hybridized carbons (Fsp3) is 0. The van der Waals surface area contributed by atoms with Gasteiger partial charge >= 0.3 is 5.97 Å². The Bertz CT molecular complexity index is 650. The second-order valence-electron chi connectivity index (χ2n) is 3.59. The fourth-order valence-corrected chi connectivity index (χ4v) is 2.00. The molecule has 0 atom stereocenters. The van der Waals surface area contributed by atoms with Gasteiger partial charge < -0.3 is 10.4 Å². The van der Waals surface area contributed by atoms with Crippen molar-refractivity contribution < 1.29 is 9.90 Å². The van der Waals surface area contributed by atoms with Gasteiger partial charge in [0.15, 0.2) is 5.69 Å². The Hall–Kier alpha value is -1.30. The Kier molecular flexibility index (Phi) is 4.29. The summed E-state index contributed by atoms with van der Waals surface area (Å²) in [6.07, 6.45) is 0. The molecule has 0 amide bonds. The molecular weight excluding hydrogens is 355 g/mol. The van der Waals surface area contributed by atoms with Crippen LogP contribution in [0.2, 0.25) is 10.0 Å². The van der Waals surface area contributed by atoms with Gasteiger partial charge in [0.1, 0.15) is 5.82 Å². The van der Waals surface area contributed by atoms with Crippen molar-refractivity contribution in [3.63, 3.8) is 0 Å². The lowest BCUT2D eigenvalue weighted by atomic mass is 10.3. The van der Waals surface area contributed by atoms with Crippen LogP contribution in [-0.2, 0) is 0 Å². The fourth-order valence-electron chi connectivity index (χ4n) is 1.38. The quantitative estimate of drug-likeness (QED) is 0.839. The standard InChI is InChI=1S/C12H7BrCl2N2O2/c13-7-2-1-6(5-9(7)15)16-10-4-3-8(14)11(17-10)12(18)19/h1-5H,(H,16,17)(H,18,19). The van der Waals surface area contributed by atoms with Gasteiger partial charge in [-0.05, 0) is 46.3 Å². The van der Waals surface area contributed by atoms with E-state index in [1.807, 2.05) is 0 Å². The van der Waals surface area contributed by atoms with Crippen LogP contribution in [0.1, 0.15) is 10.5 Å². The van der Waals surface area contributed by atoms with Crippen LogP contribution in [-0.4, -0.2) is 16.1 Å². The van der Waals surface area contributed by atoms with E-state index in [9.17, 15) is 4.79 Å². The number of nitrogens with zero attached hydrogens (tertiary/aromatic N) is 1. The molecule has 0 fully saturated rings. The molecule has 2 N–H and O–H groups in total. The first-order valence-corrected chi connectivity index (χ1v) is 6.64. The molecule has 1 aromatic carbocycles. The number of pyridine rings is 1. The van der Waals surface area contributed by atoms with Crippen LogP contribution in [0.15, 0.2) is 34.8 Å². The van der Waals surface area contributed by atoms with Crippen LogP contribution < -0.4 is 5.32 Å². The topological polar surface area (TPSA) is 62.2 Å². The molecule has 4 nitrogen and oxygen atoms in total. The monoisotopic (exact) mass is 360 g/mol. The summed E-state index contributed by atoms with van der Waals surface area (Å²) in [5.74, 6) is -0.803. The van der Waals surface area contributed by atoms with Crippen molar-refractivity contribution in [3.8, 4) is 0 Å². The molecule has 0 saturated heterocycles. The summed E-state index contributed by atoms with van der Waals surface area (Å²) in [7, 11) is 0. The summed E-state index contributed by atoms with van der Waals surface area (Å²) in [4.78, 5) is 14.8. The molecule has 0 bridgehead atoms. The molecule has 0 aliphatic rings. The lowest BCUT2D eigenvalue weighted by Gasteiger charge is -2.08. The molecule has 1 heterocycles. The van der Waals surface area contributed by atoms with Crippen molar-refractivity contribution in [2.24, 2.45) is 0 Å². The first-order chi connectivity index (χ1) is 8.97. The zero-order valence-corrected chi connectivity index (χ0v) is 12.4. The molecular formula is C12H7BrCl2N2O2. The summed E-state index contributed by atoms with van der Waals surface area (Å²) in [6.45, 7) is 0. The van der Waals surface area contributed by atoms with Crippen LogP contribution in [0, 0.1) is 0 Å². The van der Waals surface area contributed by atoms with Gasteiger partial charge in [0, 0.05) is 10.2 Å². The molecule has 0 aliphatic heterocycles. The molecule has 0 unspecified atom stereocenters. The van der Waals surface area contributed by atoms with Crippen molar-refractivity contribution in [2.45, 2.75) is 0 Å². The van der Waals surface area contributed by atoms with E-state index in [4.69, 9.17) is 28.3 Å². The Labute approximate surface area is 127 Å². The third-order valence-electron chi connectivity index (χ3n) is 2.24. The SMILES string of the molecule is O=C(O)c1nc(Nc2ccc(Br)c(Cl)c2)ccc1Cl. The number of halogens is 3. The van der Waals surface area contributed by atoms with E-state index >= 15 is 0 Å². The van der Waals surface area contributed by atoms with Gasteiger partial charge in [-0.1, -0.05) is 23.2 Å². The predicted octanol–water partition coefficient (Wildman–Crippen LogP) is 4.59. The second-order valence-corrected chi connectivity index (χ2v) is 5.25. The minimum atomic E-state index is -1.18. The zero-order chi connectivity index (χ0) is 14.0. The summed E-state index contributed by atoms with van der Waals surface area (Å²) < 4.78 is 0.773. The van der Waals surface area contributed by atoms with Crippen molar-refractivity contribution in [3.05, 3.63) is 50.5 Å². The highest BCUT2D eigenvalue weighted by Gasteiger charge is 2.11. The molecule has 19 heavy (non-hydrogen) atoms. The molecule has 2 aromatic rings. The number of hydrogen-bond acceptors (Lipinski definition) is 3. The van der Waals surface area contributed by atoms with Crippen LogP contribution in [0.3, 0.4) is 0 Å². The third kappa shape index (κ3) is 3.37. The van der Waals surface area contributed by atoms with Gasteiger partial charge in [-0.3, -0.25) is 0 Å². The number of anilines is 2. The molecule has 7 heteroatoms. The maximum atomic E-state index is 10.9. The highest BCUT2D eigenvalue weighted by atomic mass is 79.9. The highest BCUT2D eigenvalue weighted by molar-refractivity contribution is 9.10. The van der Waals surface area contributed by atoms with Crippen molar-refractivity contribution in [1.29, 1.82) is 0 Å². The highest BCUT2D eigenvalue weighted by Crippen LogP contribution is 2.27. The molecule has 1 aromatic heterocycles. The summed E-state index contributed by atoms with van der Waals surface area (Å²) in [6, 6.07) is 8.32. The van der Waals surface area contributed by atoms with Gasteiger partial charge in [0.05, 0.1) is 10.0 Å². The van der Waals surface area contributed by atoms with Gasteiger partial charge in [-0.25, -0.2) is 9.78 Å². The number of hydrogen-bond donors (Lipinski definition) is 2. The average molecular weight is 362 g/mol. The number of benzene rings is 1. The van der Waals surface area contributed by atoms with Crippen molar-refractivity contribution in [1.82, 2.24) is 4.98 Å². The van der Waals surface area contributed by atoms with E-state index < -0.39 is 5.97 Å². The summed E-state index contributed by atoms with van der Waals surface area (Å²) in [5, 5.41) is 12.5. The van der Waals surface area contributed by atoms with Crippen molar-refractivity contribution >= 4 is 56.6 Å². The Morgan fingerprint density at radius 3 is 2.58 bits per heavy atom. The summed E-state index contributed by atoms with van der Waals surface area (Å²) in [5.41, 5.74) is 0.495. The lowest BCUT2D eigenvalue weighted by Crippen LogP contribution is -2.04. The van der Waals surface area contributed by atoms with Gasteiger partial charge in [-0.15, -0.1) is 0 Å². The van der Waals surface area contributed by atoms with E-state index in [0.29, 0.717) is 16.5 Å². The van der Waals surface area contributed by atoms with Gasteiger partial charge in [0.2, 0.25) is 0 Å². The maximum Gasteiger partial charge on any atom is 0.356 e. The van der Waals surface area contributed by atoms with Crippen LogP contribution in [0.25, 0.3) is 0 Å². The van der Waals surface area contributed by atoms with E-state index in [0.717, 1.165) is 4.47 Å². The van der Waals surface area contributed by atoms with Crippen LogP contribution in [0.5, 0.6) is 0 Å². The maximum absolute atomic E-state index is 10.9. The van der Waals surface area contributed by atoms with Crippen LogP contribution >= 0.6 is 39.1 Å². The molecule has 2 rings (SSSR count). The summed E-state index contributed by atoms with van der Waals surface area (Å²) >= 11 is 15.0. The van der Waals surface area contributed by atoms with Crippen molar-refractivity contribution in [2.75, 3.05) is 5.32 Å². The molecule has 0 radical (unpaired) electrons. The zero-order valence-electron chi connectivity index (χ0n) is 9.32. The largest absolute Gasteiger partial charge is 0.476 e. The number of aromatic nitrogens is 1. The minimum absolute atomic E-state index is 0.0897. The first-order valence-electron chi connectivity index (χ1n) is 5.09. The number of aromatic carboxylic acids is 1. The Morgan fingerprint density at radius 1 is 1.21 bits per heavy atom. The van der Waals surface area contributed by atoms with Crippen LogP contribution in [0.4, 0.5) is 11.5 Å². The lowest BCUT2D eigenvalue weighted by molar-refractivity contribution is 0.0691. The van der Waals surface area contributed by atoms with E-state index in [2.05, 4.69) is 26.2 Å². The number of rotatable bonds is 3. The number of carbonyl (C=O) groups is 1. The van der Waals surface area contributed by atoms with Gasteiger partial charge in [-0.2, -0.15) is 0 Å². The third-order valence-corrected chi connectivity index (χ3v) is 3.78. The second kappa shape index (κ2) is 5.77. The molecule has 0 spiro atoms. The minimum Gasteiger partial charge on any atom is -0.476 e. The van der Waals surface area contributed by atoms with Gasteiger partial charge in [0.25, 0.3) is 0 Å². The molecule has 0 saturated carbocycles.